The third-order valence-electron chi connectivity index (χ3n) is 11.1. The van der Waals surface area contributed by atoms with E-state index in [0.717, 1.165) is 26.0 Å². The summed E-state index contributed by atoms with van der Waals surface area (Å²) < 4.78 is 35.0. The summed E-state index contributed by atoms with van der Waals surface area (Å²) >= 11 is 0. The molecule has 4 aliphatic rings. The summed E-state index contributed by atoms with van der Waals surface area (Å²) in [5, 5.41) is 24.1. The van der Waals surface area contributed by atoms with Gasteiger partial charge in [-0.3, -0.25) is 9.59 Å². The van der Waals surface area contributed by atoms with E-state index >= 15 is 0 Å². The monoisotopic (exact) mass is 933 g/mol. The third kappa shape index (κ3) is 10.4. The van der Waals surface area contributed by atoms with E-state index < -0.39 is 42.3 Å². The summed E-state index contributed by atoms with van der Waals surface area (Å²) in [6.45, 7) is 14.2. The summed E-state index contributed by atoms with van der Waals surface area (Å²) in [6.07, 6.45) is -0.342. The number of ether oxygens (including phenoxy) is 6. The van der Waals surface area contributed by atoms with Crippen LogP contribution in [0.25, 0.3) is 0 Å². The zero-order valence-electron chi connectivity index (χ0n) is 37.2. The number of unbranched alkanes of at least 4 members (excludes halogenated alkanes) is 2. The topological polar surface area (TPSA) is 190 Å². The van der Waals surface area contributed by atoms with Gasteiger partial charge in [0.15, 0.2) is 35.5 Å². The second-order valence-corrected chi connectivity index (χ2v) is 19.4. The number of hydrogen-bond donors (Lipinski definition) is 2. The van der Waals surface area contributed by atoms with Crippen LogP contribution < -0.4 is 28.7 Å². The van der Waals surface area contributed by atoms with Crippen molar-refractivity contribution in [2.24, 2.45) is 0 Å². The highest BCUT2D eigenvalue weighted by Gasteiger charge is 2.48. The van der Waals surface area contributed by atoms with Gasteiger partial charge >= 0.3 is 12.2 Å². The van der Waals surface area contributed by atoms with Gasteiger partial charge in [-0.1, -0.05) is 41.2 Å². The fourth-order valence-corrected chi connectivity index (χ4v) is 9.86. The number of amides is 4. The number of methoxy groups -OCH3 is 2. The van der Waals surface area contributed by atoms with E-state index in [9.17, 15) is 29.4 Å². The van der Waals surface area contributed by atoms with E-state index in [0.29, 0.717) is 37.9 Å². The van der Waals surface area contributed by atoms with Gasteiger partial charge in [-0.25, -0.2) is 24.4 Å². The molecule has 0 radical (unpaired) electrons. The van der Waals surface area contributed by atoms with Gasteiger partial charge in [-0.05, 0) is 87.9 Å². The molecule has 4 atom stereocenters. The van der Waals surface area contributed by atoms with Crippen molar-refractivity contribution in [3.05, 3.63) is 84.1 Å². The Balaban J connectivity index is 1.01. The van der Waals surface area contributed by atoms with Crippen molar-refractivity contribution >= 4 is 57.0 Å². The van der Waals surface area contributed by atoms with Gasteiger partial charge in [0.1, 0.15) is 17.2 Å². The number of carbonyl (C=O) groups excluding carboxylic acids is 4. The van der Waals surface area contributed by atoms with Gasteiger partial charge in [-0.15, -0.1) is 0 Å². The van der Waals surface area contributed by atoms with Gasteiger partial charge in [0.25, 0.3) is 11.8 Å². The molecular weight excluding hydrogens is 879 g/mol. The molecule has 5 heterocycles. The van der Waals surface area contributed by atoms with E-state index in [4.69, 9.17) is 28.4 Å². The number of rotatable bonds is 15. The molecule has 1 aromatic heterocycles. The van der Waals surface area contributed by atoms with Crippen molar-refractivity contribution in [2.75, 3.05) is 62.7 Å². The molecule has 19 heteroatoms. The molecule has 7 rings (SSSR count). The molecule has 0 saturated carbocycles. The zero-order valence-corrected chi connectivity index (χ0v) is 38.8. The molecule has 65 heavy (non-hydrogen) atoms. The number of fused-ring (bicyclic) bond motifs is 4. The first-order valence-corrected chi connectivity index (χ1v) is 23.6. The number of aliphatic hydroxyl groups is 2. The van der Waals surface area contributed by atoms with Crippen molar-refractivity contribution in [2.45, 2.75) is 88.0 Å². The Labute approximate surface area is 386 Å². The van der Waals surface area contributed by atoms with Crippen molar-refractivity contribution < 1.29 is 57.8 Å². The van der Waals surface area contributed by atoms with Gasteiger partial charge in [0.2, 0.25) is 0 Å². The normalized spacial score (nSPS) is 20.4. The van der Waals surface area contributed by atoms with Crippen LogP contribution in [0.15, 0.2) is 78.0 Å². The van der Waals surface area contributed by atoms with Crippen LogP contribution in [0, 0.1) is 0 Å². The van der Waals surface area contributed by atoms with Crippen molar-refractivity contribution in [3.8, 4) is 23.0 Å². The number of nitrogens with zero attached hydrogens (tertiary/aromatic N) is 5. The first-order chi connectivity index (χ1) is 31.1. The highest BCUT2D eigenvalue weighted by atomic mass is 33.1. The maximum absolute atomic E-state index is 14.0. The molecule has 2 N–H and O–H groups in total. The van der Waals surface area contributed by atoms with Crippen LogP contribution in [0.3, 0.4) is 0 Å². The first kappa shape index (κ1) is 47.3. The highest BCUT2D eigenvalue weighted by molar-refractivity contribution is 8.76. The highest BCUT2D eigenvalue weighted by Crippen LogP contribution is 2.44. The van der Waals surface area contributed by atoms with Gasteiger partial charge in [-0.2, -0.15) is 0 Å². The molecule has 3 aromatic rings. The fraction of sp³-hybridized carbons (Fsp3) is 0.457. The number of anilines is 2. The Hall–Kier alpha value is -5.63. The molecule has 2 saturated heterocycles. The predicted molar refractivity (Wildman–Crippen MR) is 245 cm³/mol. The van der Waals surface area contributed by atoms with E-state index in [1.165, 1.54) is 69.9 Å². The summed E-state index contributed by atoms with van der Waals surface area (Å²) in [7, 11) is 5.83. The number of hydrogen-bond acceptors (Lipinski definition) is 15. The summed E-state index contributed by atoms with van der Waals surface area (Å²) in [6, 6.07) is 10.2. The van der Waals surface area contributed by atoms with Gasteiger partial charge < -0.3 is 48.4 Å². The molecule has 0 bridgehead atoms. The summed E-state index contributed by atoms with van der Waals surface area (Å²) in [5.41, 5.74) is 1.20. The van der Waals surface area contributed by atoms with Crippen LogP contribution in [0.5, 0.6) is 23.0 Å². The predicted octanol–water partition coefficient (Wildman–Crippen LogP) is 7.06. The second kappa shape index (κ2) is 20.3. The minimum absolute atomic E-state index is 0.0443. The summed E-state index contributed by atoms with van der Waals surface area (Å²) in [4.78, 5) is 64.8. The number of aromatic nitrogens is 1. The average molecular weight is 934 g/mol. The molecule has 0 spiro atoms. The minimum atomic E-state index is -1.43. The lowest BCUT2D eigenvalue weighted by Gasteiger charge is -2.33. The van der Waals surface area contributed by atoms with Crippen molar-refractivity contribution in [3.63, 3.8) is 0 Å². The lowest BCUT2D eigenvalue weighted by atomic mass is 10.1. The van der Waals surface area contributed by atoms with Crippen LogP contribution >= 0.6 is 21.6 Å². The second-order valence-electron chi connectivity index (χ2n) is 16.9. The van der Waals surface area contributed by atoms with E-state index in [1.54, 1.807) is 27.0 Å². The molecule has 348 valence electrons. The van der Waals surface area contributed by atoms with Crippen molar-refractivity contribution in [1.82, 2.24) is 14.8 Å². The van der Waals surface area contributed by atoms with Gasteiger partial charge in [0, 0.05) is 37.2 Å². The fourth-order valence-electron chi connectivity index (χ4n) is 8.16. The Morgan fingerprint density at radius 3 is 1.75 bits per heavy atom. The molecule has 0 aliphatic carbocycles. The maximum atomic E-state index is 14.0. The molecule has 4 amide bonds. The molecule has 2 aromatic carbocycles. The Morgan fingerprint density at radius 1 is 0.754 bits per heavy atom. The van der Waals surface area contributed by atoms with E-state index in [2.05, 4.69) is 18.1 Å². The Kier molecular flexibility index (Phi) is 14.8. The van der Waals surface area contributed by atoms with E-state index in [-0.39, 0.29) is 90.2 Å². The SMILES string of the molecule is C=C1C[C@H]2C(O)N(C(=O)OCCSSc3ccccn3)c3cc(OCCCCCOc4cc5c(cc4OC)C(=O)N4CC(=C)C[C@H]4C(O)N5C(=O)OC(C)(C)C)c(OC)cc3C(=O)N2C1. The minimum Gasteiger partial charge on any atom is -0.493 e. The molecular formula is C46H55N5O12S2. The van der Waals surface area contributed by atoms with Crippen LogP contribution in [0.2, 0.25) is 0 Å². The largest absolute Gasteiger partial charge is 0.493 e. The maximum Gasteiger partial charge on any atom is 0.417 e. The van der Waals surface area contributed by atoms with E-state index in [1.807, 2.05) is 18.2 Å². The molecule has 4 aliphatic heterocycles. The third-order valence-corrected chi connectivity index (χ3v) is 13.4. The molecule has 2 fully saturated rings. The number of benzene rings is 2. The zero-order chi connectivity index (χ0) is 46.6. The Morgan fingerprint density at radius 2 is 1.28 bits per heavy atom. The molecule has 2 unspecified atom stereocenters. The number of pyridine rings is 1. The standard InChI is InChI=1S/C46H55N5O12S2/c1-27-19-33-42(54)50(44(56)62-17-18-64-65-39-13-9-10-14-47-39)31-23-37(35(58-6)21-29(31)40(52)48(33)25-27)60-15-11-8-12-16-61-38-24-32-30(22-36(38)59-7)41(53)49-26-28(2)20-34(49)43(55)51(32)45(57)63-46(3,4)5/h9-10,13-14,21-24,33-34,42-43,54-55H,1-2,8,11-12,15-20,25-26H2,3-7H3/t33-,34-,42?,43?/m0/s1. The lowest BCUT2D eigenvalue weighted by Crippen LogP contribution is -2.51. The first-order valence-electron chi connectivity index (χ1n) is 21.3. The van der Waals surface area contributed by atoms with Crippen LogP contribution in [-0.2, 0) is 9.47 Å². The smallest absolute Gasteiger partial charge is 0.417 e. The molecule has 17 nitrogen and oxygen atoms in total. The summed E-state index contributed by atoms with van der Waals surface area (Å²) in [5.74, 6) is 0.760. The van der Waals surface area contributed by atoms with Crippen molar-refractivity contribution in [1.29, 1.82) is 0 Å². The van der Waals surface area contributed by atoms with Gasteiger partial charge in [0.05, 0.1) is 62.0 Å². The number of aliphatic hydroxyl groups excluding tert-OH is 2. The number of carbonyl (C=O) groups is 4. The van der Waals surface area contributed by atoms with Crippen LogP contribution in [0.4, 0.5) is 21.0 Å². The lowest BCUT2D eigenvalue weighted by molar-refractivity contribution is 0.0310. The Bertz CT molecular complexity index is 2310. The van der Waals surface area contributed by atoms with Crippen LogP contribution in [-0.4, -0.2) is 132 Å². The average Bonchev–Trinajstić information content (AvgIpc) is 3.83. The quantitative estimate of drug-likeness (QED) is 0.0895. The van der Waals surface area contributed by atoms with Crippen LogP contribution in [0.1, 0.15) is 73.6 Å².